The van der Waals surface area contributed by atoms with Crippen molar-refractivity contribution in [3.05, 3.63) is 31.1 Å². The maximum Gasteiger partial charge on any atom is 0.347 e. The van der Waals surface area contributed by atoms with E-state index in [0.29, 0.717) is 0 Å². The van der Waals surface area contributed by atoms with Gasteiger partial charge in [-0.15, -0.1) is 0 Å². The molecule has 98 valence electrons. The number of ether oxygens (including phenoxy) is 1. The third kappa shape index (κ3) is 3.09. The molecule has 1 aromatic heterocycles. The first-order chi connectivity index (χ1) is 8.38. The van der Waals surface area contributed by atoms with E-state index in [1.54, 1.807) is 22.6 Å². The maximum atomic E-state index is 12.8. The second-order valence-corrected chi connectivity index (χ2v) is 4.11. The number of aromatic nitrogens is 1. The van der Waals surface area contributed by atoms with Gasteiger partial charge >= 0.3 is 5.97 Å². The van der Waals surface area contributed by atoms with Gasteiger partial charge in [0, 0.05) is 6.07 Å². The molecule has 0 unspecified atom stereocenters. The Kier molecular flexibility index (Phi) is 4.87. The molecule has 1 aromatic rings. The lowest BCUT2D eigenvalue weighted by molar-refractivity contribution is -0.385. The Morgan fingerprint density at radius 1 is 1.67 bits per heavy atom. The molecule has 0 saturated heterocycles. The average Bonchev–Trinajstić information content (AvgIpc) is 2.27. The van der Waals surface area contributed by atoms with Crippen LogP contribution in [0.15, 0.2) is 6.07 Å². The fraction of sp³-hybridized carbons (Fsp3) is 0.333. The lowest BCUT2D eigenvalue weighted by atomic mass is 10.1. The van der Waals surface area contributed by atoms with Crippen LogP contribution in [0, 0.1) is 13.8 Å². The zero-order valence-electron chi connectivity index (χ0n) is 9.02. The van der Waals surface area contributed by atoms with E-state index in [1.807, 2.05) is 0 Å². The first-order valence-corrected chi connectivity index (χ1v) is 5.76. The molecule has 0 N–H and O–H groups in total. The molecule has 0 fully saturated rings. The van der Waals surface area contributed by atoms with Crippen LogP contribution in [0.1, 0.15) is 29.4 Å². The van der Waals surface area contributed by atoms with E-state index in [2.05, 4.69) is 9.72 Å². The van der Waals surface area contributed by atoms with Crippen LogP contribution in [0.25, 0.3) is 0 Å². The Morgan fingerprint density at radius 2 is 2.28 bits per heavy atom. The summed E-state index contributed by atoms with van der Waals surface area (Å²) in [5.74, 6) is -1.18. The van der Waals surface area contributed by atoms with Crippen molar-refractivity contribution in [1.82, 2.24) is 4.98 Å². The fourth-order valence-electron chi connectivity index (χ4n) is 1.23. The summed E-state index contributed by atoms with van der Waals surface area (Å²) in [4.78, 5) is 24.8. The van der Waals surface area contributed by atoms with Gasteiger partial charge in [-0.25, -0.2) is 18.6 Å². The zero-order valence-corrected chi connectivity index (χ0v) is 11.2. The molecular formula is C9H7F2IN2O4. The van der Waals surface area contributed by atoms with E-state index in [4.69, 9.17) is 0 Å². The van der Waals surface area contributed by atoms with Crippen LogP contribution in [0.3, 0.4) is 0 Å². The van der Waals surface area contributed by atoms with Crippen LogP contribution in [-0.4, -0.2) is 22.5 Å². The molecule has 0 aromatic carbocycles. The summed E-state index contributed by atoms with van der Waals surface area (Å²) in [7, 11) is 0. The Morgan fingerprint density at radius 3 is 2.72 bits per heavy atom. The Bertz CT molecular complexity index is 496. The lowest BCUT2D eigenvalue weighted by Gasteiger charge is -2.08. The number of nitrogens with zero attached hydrogens (tertiary/aromatic N) is 2. The van der Waals surface area contributed by atoms with Crippen molar-refractivity contribution in [2.75, 3.05) is 6.61 Å². The molecule has 0 bridgehead atoms. The van der Waals surface area contributed by atoms with Crippen LogP contribution in [0.5, 0.6) is 0 Å². The van der Waals surface area contributed by atoms with E-state index < -0.39 is 34.3 Å². The topological polar surface area (TPSA) is 82.3 Å². The molecule has 0 spiro atoms. The van der Waals surface area contributed by atoms with Gasteiger partial charge in [0.2, 0.25) is 0 Å². The number of hydrogen-bond donors (Lipinski definition) is 0. The molecule has 0 aliphatic heterocycles. The zero-order chi connectivity index (χ0) is 13.9. The molecule has 1 heterocycles. The minimum Gasteiger partial charge on any atom is -0.462 e. The molecule has 18 heavy (non-hydrogen) atoms. The van der Waals surface area contributed by atoms with Crippen LogP contribution >= 0.6 is 22.6 Å². The summed E-state index contributed by atoms with van der Waals surface area (Å²) in [5.41, 5.74) is -2.47. The SMILES string of the molecule is CCOC(=O)c1c([N+](=O)[O-])cc(I)nc1C(F)F. The van der Waals surface area contributed by atoms with Crippen LogP contribution in [0.2, 0.25) is 0 Å². The second kappa shape index (κ2) is 5.98. The summed E-state index contributed by atoms with van der Waals surface area (Å²) >= 11 is 1.56. The van der Waals surface area contributed by atoms with Gasteiger partial charge in [-0.3, -0.25) is 10.1 Å². The maximum absolute atomic E-state index is 12.8. The van der Waals surface area contributed by atoms with Crippen LogP contribution in [-0.2, 0) is 4.74 Å². The molecule has 0 saturated carbocycles. The predicted octanol–water partition coefficient (Wildman–Crippen LogP) is 2.71. The molecule has 6 nitrogen and oxygen atoms in total. The quantitative estimate of drug-likeness (QED) is 0.267. The van der Waals surface area contributed by atoms with E-state index >= 15 is 0 Å². The van der Waals surface area contributed by atoms with Crippen molar-refractivity contribution in [1.29, 1.82) is 0 Å². The van der Waals surface area contributed by atoms with Crippen molar-refractivity contribution >= 4 is 34.2 Å². The van der Waals surface area contributed by atoms with Crippen molar-refractivity contribution < 1.29 is 23.2 Å². The molecule has 0 amide bonds. The fourth-order valence-corrected chi connectivity index (χ4v) is 1.79. The van der Waals surface area contributed by atoms with Crippen LogP contribution in [0.4, 0.5) is 14.5 Å². The summed E-state index contributed by atoms with van der Waals surface area (Å²) < 4.78 is 30.0. The molecule has 0 atom stereocenters. The van der Waals surface area contributed by atoms with Gasteiger partial charge in [-0.1, -0.05) is 0 Å². The minimum absolute atomic E-state index is 0.00245. The standard InChI is InChI=1S/C9H7F2IN2O4/c1-2-18-9(15)6-4(14(16)17)3-5(12)13-7(6)8(10)11/h3,8H,2H2,1H3. The van der Waals surface area contributed by atoms with Gasteiger partial charge in [0.25, 0.3) is 12.1 Å². The number of nitro groups is 1. The number of halogens is 3. The highest BCUT2D eigenvalue weighted by molar-refractivity contribution is 14.1. The van der Waals surface area contributed by atoms with Gasteiger partial charge < -0.3 is 4.74 Å². The number of hydrogen-bond acceptors (Lipinski definition) is 5. The van der Waals surface area contributed by atoms with Gasteiger partial charge in [-0.05, 0) is 29.5 Å². The monoisotopic (exact) mass is 372 g/mol. The van der Waals surface area contributed by atoms with Crippen molar-refractivity contribution in [2.45, 2.75) is 13.3 Å². The molecule has 9 heteroatoms. The van der Waals surface area contributed by atoms with Gasteiger partial charge in [-0.2, -0.15) is 0 Å². The Labute approximate surface area is 114 Å². The highest BCUT2D eigenvalue weighted by Crippen LogP contribution is 2.30. The summed E-state index contributed by atoms with van der Waals surface area (Å²) in [6, 6.07) is 0.943. The molecule has 0 aliphatic rings. The van der Waals surface area contributed by atoms with E-state index in [1.165, 1.54) is 6.92 Å². The molecule has 0 radical (unpaired) electrons. The molecular weight excluding hydrogens is 365 g/mol. The summed E-state index contributed by atoms with van der Waals surface area (Å²) in [5, 5.41) is 10.8. The Hall–Kier alpha value is -1.39. The molecule has 0 aliphatic carbocycles. The number of esters is 1. The minimum atomic E-state index is -3.10. The van der Waals surface area contributed by atoms with Gasteiger partial charge in [0.15, 0.2) is 5.56 Å². The third-order valence-corrected chi connectivity index (χ3v) is 2.43. The second-order valence-electron chi connectivity index (χ2n) is 3.00. The first kappa shape index (κ1) is 14.7. The van der Waals surface area contributed by atoms with Crippen molar-refractivity contribution in [2.24, 2.45) is 0 Å². The van der Waals surface area contributed by atoms with Gasteiger partial charge in [0.05, 0.1) is 11.5 Å². The predicted molar refractivity (Wildman–Crippen MR) is 64.5 cm³/mol. The highest BCUT2D eigenvalue weighted by Gasteiger charge is 2.31. The smallest absolute Gasteiger partial charge is 0.347 e. The largest absolute Gasteiger partial charge is 0.462 e. The number of carbonyl (C=O) groups excluding carboxylic acids is 1. The summed E-state index contributed by atoms with van der Waals surface area (Å²) in [6.45, 7) is 1.39. The van der Waals surface area contributed by atoms with Crippen molar-refractivity contribution in [3.63, 3.8) is 0 Å². The Balaban J connectivity index is 3.50. The average molecular weight is 372 g/mol. The summed E-state index contributed by atoms with van der Waals surface area (Å²) in [6.07, 6.45) is -3.10. The number of alkyl halides is 2. The lowest BCUT2D eigenvalue weighted by Crippen LogP contribution is -2.14. The van der Waals surface area contributed by atoms with Crippen molar-refractivity contribution in [3.8, 4) is 0 Å². The van der Waals surface area contributed by atoms with E-state index in [-0.39, 0.29) is 10.3 Å². The normalized spacial score (nSPS) is 10.5. The number of carbonyl (C=O) groups is 1. The number of rotatable bonds is 4. The first-order valence-electron chi connectivity index (χ1n) is 4.68. The molecule has 1 rings (SSSR count). The number of pyridine rings is 1. The van der Waals surface area contributed by atoms with E-state index in [0.717, 1.165) is 6.07 Å². The van der Waals surface area contributed by atoms with Gasteiger partial charge in [0.1, 0.15) is 9.39 Å². The highest BCUT2D eigenvalue weighted by atomic mass is 127. The van der Waals surface area contributed by atoms with Crippen LogP contribution < -0.4 is 0 Å². The third-order valence-electron chi connectivity index (χ3n) is 1.88. The van der Waals surface area contributed by atoms with E-state index in [9.17, 15) is 23.7 Å².